The van der Waals surface area contributed by atoms with Crippen LogP contribution in [0.2, 0.25) is 0 Å². The zero-order valence-electron chi connectivity index (χ0n) is 15.4. The van der Waals surface area contributed by atoms with E-state index in [0.717, 1.165) is 42.0 Å². The molecule has 0 radical (unpaired) electrons. The quantitative estimate of drug-likeness (QED) is 0.898. The van der Waals surface area contributed by atoms with Crippen molar-refractivity contribution in [3.63, 3.8) is 0 Å². The van der Waals surface area contributed by atoms with E-state index < -0.39 is 5.60 Å². The number of nitrogens with zero attached hydrogens (tertiary/aromatic N) is 3. The number of aromatic nitrogens is 3. The molecule has 6 heteroatoms. The number of pyridine rings is 1. The van der Waals surface area contributed by atoms with Gasteiger partial charge in [0.25, 0.3) is 0 Å². The zero-order chi connectivity index (χ0) is 18.0. The molecule has 0 aromatic carbocycles. The van der Waals surface area contributed by atoms with Gasteiger partial charge >= 0.3 is 6.09 Å². The lowest BCUT2D eigenvalue weighted by Crippen LogP contribution is -2.42. The Bertz CT molecular complexity index is 748. The summed E-state index contributed by atoms with van der Waals surface area (Å²) in [5.41, 5.74) is 3.42. The van der Waals surface area contributed by atoms with Crippen molar-refractivity contribution < 1.29 is 9.53 Å². The van der Waals surface area contributed by atoms with E-state index in [9.17, 15) is 4.79 Å². The molecule has 1 amide bonds. The van der Waals surface area contributed by atoms with Crippen molar-refractivity contribution in [1.82, 2.24) is 20.1 Å². The molecule has 134 valence electrons. The second-order valence-electron chi connectivity index (χ2n) is 7.64. The molecule has 0 unspecified atom stereocenters. The van der Waals surface area contributed by atoms with Crippen LogP contribution >= 0.6 is 0 Å². The summed E-state index contributed by atoms with van der Waals surface area (Å²) in [7, 11) is 0. The zero-order valence-corrected chi connectivity index (χ0v) is 15.4. The number of aromatic amines is 1. The first-order valence-corrected chi connectivity index (χ1v) is 8.79. The summed E-state index contributed by atoms with van der Waals surface area (Å²) in [5.74, 6) is 0.242. The molecule has 1 atom stereocenters. The number of hydrogen-bond acceptors (Lipinski definition) is 4. The standard InChI is InChI=1S/C19H26N4O2/c1-13-7-5-9-20-17(13)16-11-15(21-22-16)14-8-6-10-23(12-14)18(24)25-19(2,3)4/h5,7,9,11,14H,6,8,10,12H2,1-4H3,(H,21,22)/t14-/m0/s1. The molecule has 25 heavy (non-hydrogen) atoms. The van der Waals surface area contributed by atoms with Crippen molar-refractivity contribution in [2.75, 3.05) is 13.1 Å². The Morgan fingerprint density at radius 1 is 1.40 bits per heavy atom. The minimum absolute atomic E-state index is 0.238. The molecule has 1 aliphatic rings. The van der Waals surface area contributed by atoms with E-state index >= 15 is 0 Å². The van der Waals surface area contributed by atoms with Crippen molar-refractivity contribution in [3.8, 4) is 11.4 Å². The number of nitrogens with one attached hydrogen (secondary N) is 1. The van der Waals surface area contributed by atoms with Crippen LogP contribution in [0.1, 0.15) is 50.8 Å². The topological polar surface area (TPSA) is 71.1 Å². The average molecular weight is 342 g/mol. The number of aryl methyl sites for hydroxylation is 1. The number of ether oxygens (including phenoxy) is 1. The van der Waals surface area contributed by atoms with E-state index in [4.69, 9.17) is 4.74 Å². The molecule has 6 nitrogen and oxygen atoms in total. The fraction of sp³-hybridized carbons (Fsp3) is 0.526. The first kappa shape index (κ1) is 17.5. The summed E-state index contributed by atoms with van der Waals surface area (Å²) in [6.07, 6.45) is 3.53. The van der Waals surface area contributed by atoms with E-state index in [0.29, 0.717) is 6.54 Å². The van der Waals surface area contributed by atoms with Crippen LogP contribution < -0.4 is 0 Å². The van der Waals surface area contributed by atoms with Gasteiger partial charge < -0.3 is 9.64 Å². The van der Waals surface area contributed by atoms with Crippen LogP contribution in [-0.4, -0.2) is 44.9 Å². The maximum absolute atomic E-state index is 12.3. The Balaban J connectivity index is 1.72. The lowest BCUT2D eigenvalue weighted by molar-refractivity contribution is 0.0197. The van der Waals surface area contributed by atoms with Crippen molar-refractivity contribution in [1.29, 1.82) is 0 Å². The van der Waals surface area contributed by atoms with Crippen molar-refractivity contribution in [2.24, 2.45) is 0 Å². The maximum Gasteiger partial charge on any atom is 0.410 e. The third kappa shape index (κ3) is 4.18. The highest BCUT2D eigenvalue weighted by molar-refractivity contribution is 5.68. The SMILES string of the molecule is Cc1cccnc1-c1cc([C@H]2CCCN(C(=O)OC(C)(C)C)C2)[nH]n1. The van der Waals surface area contributed by atoms with Crippen LogP contribution in [0.15, 0.2) is 24.4 Å². The smallest absolute Gasteiger partial charge is 0.410 e. The van der Waals surface area contributed by atoms with Gasteiger partial charge in [0.1, 0.15) is 11.3 Å². The summed E-state index contributed by atoms with van der Waals surface area (Å²) < 4.78 is 5.50. The van der Waals surface area contributed by atoms with E-state index in [2.05, 4.69) is 21.2 Å². The number of amides is 1. The second kappa shape index (κ2) is 6.86. The Morgan fingerprint density at radius 2 is 2.20 bits per heavy atom. The Labute approximate surface area is 148 Å². The first-order valence-electron chi connectivity index (χ1n) is 8.79. The van der Waals surface area contributed by atoms with Crippen LogP contribution in [0.25, 0.3) is 11.4 Å². The van der Waals surface area contributed by atoms with E-state index in [1.165, 1.54) is 0 Å². The van der Waals surface area contributed by atoms with Gasteiger partial charge in [-0.3, -0.25) is 10.1 Å². The van der Waals surface area contributed by atoms with E-state index in [1.54, 1.807) is 11.1 Å². The van der Waals surface area contributed by atoms with Crippen LogP contribution in [0, 0.1) is 6.92 Å². The lowest BCUT2D eigenvalue weighted by Gasteiger charge is -2.33. The fourth-order valence-electron chi connectivity index (χ4n) is 3.14. The number of rotatable bonds is 2. The van der Waals surface area contributed by atoms with Gasteiger partial charge in [0.2, 0.25) is 0 Å². The predicted octanol–water partition coefficient (Wildman–Crippen LogP) is 3.89. The molecule has 2 aromatic heterocycles. The van der Waals surface area contributed by atoms with Gasteiger partial charge in [-0.15, -0.1) is 0 Å². The second-order valence-corrected chi connectivity index (χ2v) is 7.64. The van der Waals surface area contributed by atoms with Gasteiger partial charge in [0.15, 0.2) is 0 Å². The number of likely N-dealkylation sites (tertiary alicyclic amines) is 1. The van der Waals surface area contributed by atoms with E-state index in [-0.39, 0.29) is 12.0 Å². The van der Waals surface area contributed by atoms with Gasteiger partial charge in [0.05, 0.1) is 5.69 Å². The number of piperidine rings is 1. The summed E-state index contributed by atoms with van der Waals surface area (Å²) in [5, 5.41) is 7.57. The third-order valence-electron chi connectivity index (χ3n) is 4.36. The van der Waals surface area contributed by atoms with E-state index in [1.807, 2.05) is 39.8 Å². The van der Waals surface area contributed by atoms with Crippen molar-refractivity contribution in [2.45, 2.75) is 52.1 Å². The van der Waals surface area contributed by atoms with Gasteiger partial charge in [-0.2, -0.15) is 5.10 Å². The van der Waals surface area contributed by atoms with Crippen LogP contribution in [0.3, 0.4) is 0 Å². The molecule has 1 N–H and O–H groups in total. The Kier molecular flexibility index (Phi) is 4.79. The van der Waals surface area contributed by atoms with Gasteiger partial charge in [-0.25, -0.2) is 4.79 Å². The molecule has 1 saturated heterocycles. The molecule has 0 aliphatic carbocycles. The normalized spacial score (nSPS) is 18.2. The van der Waals surface area contributed by atoms with Crippen LogP contribution in [0.5, 0.6) is 0 Å². The number of carbonyl (C=O) groups is 1. The van der Waals surface area contributed by atoms with Crippen LogP contribution in [0.4, 0.5) is 4.79 Å². The lowest BCUT2D eigenvalue weighted by atomic mass is 9.94. The minimum atomic E-state index is -0.471. The molecule has 3 heterocycles. The number of carbonyl (C=O) groups excluding carboxylic acids is 1. The maximum atomic E-state index is 12.3. The first-order chi connectivity index (χ1) is 11.8. The number of hydrogen-bond donors (Lipinski definition) is 1. The summed E-state index contributed by atoms with van der Waals surface area (Å²) in [4.78, 5) is 18.6. The molecule has 0 saturated carbocycles. The molecule has 0 bridgehead atoms. The highest BCUT2D eigenvalue weighted by Gasteiger charge is 2.29. The van der Waals surface area contributed by atoms with Crippen LogP contribution in [-0.2, 0) is 4.74 Å². The van der Waals surface area contributed by atoms with Gasteiger partial charge in [-0.1, -0.05) is 6.07 Å². The molecule has 0 spiro atoms. The van der Waals surface area contributed by atoms with Gasteiger partial charge in [-0.05, 0) is 58.2 Å². The Hall–Kier alpha value is -2.37. The highest BCUT2D eigenvalue weighted by Crippen LogP contribution is 2.29. The number of H-pyrrole nitrogens is 1. The minimum Gasteiger partial charge on any atom is -0.444 e. The fourth-order valence-corrected chi connectivity index (χ4v) is 3.14. The van der Waals surface area contributed by atoms with Crippen molar-refractivity contribution >= 4 is 6.09 Å². The summed E-state index contributed by atoms with van der Waals surface area (Å²) in [6.45, 7) is 9.10. The largest absolute Gasteiger partial charge is 0.444 e. The monoisotopic (exact) mass is 342 g/mol. The predicted molar refractivity (Wildman–Crippen MR) is 96.3 cm³/mol. The summed E-state index contributed by atoms with van der Waals surface area (Å²) >= 11 is 0. The average Bonchev–Trinajstić information content (AvgIpc) is 3.03. The Morgan fingerprint density at radius 3 is 2.92 bits per heavy atom. The third-order valence-corrected chi connectivity index (χ3v) is 4.36. The molecular weight excluding hydrogens is 316 g/mol. The van der Waals surface area contributed by atoms with Crippen molar-refractivity contribution in [3.05, 3.63) is 35.7 Å². The molecular formula is C19H26N4O2. The molecule has 3 rings (SSSR count). The van der Waals surface area contributed by atoms with Gasteiger partial charge in [0, 0.05) is 30.9 Å². The molecule has 1 aliphatic heterocycles. The molecule has 2 aromatic rings. The highest BCUT2D eigenvalue weighted by atomic mass is 16.6. The summed E-state index contributed by atoms with van der Waals surface area (Å²) in [6, 6.07) is 6.01. The molecule has 1 fully saturated rings.